The van der Waals surface area contributed by atoms with Crippen LogP contribution in [-0.2, 0) is 0 Å². The maximum atomic E-state index is 9.52. The Kier molecular flexibility index (Phi) is 3.12. The van der Waals surface area contributed by atoms with Gasteiger partial charge in [0.25, 0.3) is 0 Å². The van der Waals surface area contributed by atoms with Crippen LogP contribution < -0.4 is 0 Å². The van der Waals surface area contributed by atoms with Crippen molar-refractivity contribution in [3.05, 3.63) is 157 Å². The predicted octanol–water partition coefficient (Wildman–Crippen LogP) is 11.8. The first-order valence-corrected chi connectivity index (χ1v) is 15.3. The van der Waals surface area contributed by atoms with Gasteiger partial charge in [0.05, 0.1) is 43.8 Å². The van der Waals surface area contributed by atoms with E-state index in [0.717, 1.165) is 4.57 Å². The van der Waals surface area contributed by atoms with Crippen molar-refractivity contribution in [3.8, 4) is 39.9 Å². The standard InChI is InChI=1S/C45H26N4O2/c1-3-12-27(13-4-1)30-18-11-21-38-40(30)34-23-22-29(26-39(34)50-38)44-46-43(28-14-5-2-6-15-28)47-45(48-44)49-35-19-9-7-17-33(35)41-36(49)25-24-32-31-16-8-10-20-37(31)51-42(32)41/h1-26H/i1D,2D,3D,4D,5D,6D,7D,8D,9D,10D,12D,13D,14D,15D,16D,17D,19D,20D,24D,25D. The van der Waals surface area contributed by atoms with E-state index in [1.54, 1.807) is 24.3 Å². The zero-order valence-electron chi connectivity index (χ0n) is 45.6. The number of nitrogens with zero attached hydrogens (tertiary/aromatic N) is 4. The van der Waals surface area contributed by atoms with E-state index in [9.17, 15) is 5.48 Å². The van der Waals surface area contributed by atoms with Gasteiger partial charge in [0.2, 0.25) is 5.95 Å². The SMILES string of the molecule is [2H]c1c([2H])c([2H])c(-c2nc(-c3ccc4c(c3)oc3cccc(-c5c([2H])c([2H])c([2H])c([2H])c5[2H])c34)nc(-n3c4c([2H])c([2H])c([2H])c([2H])c4c4c5oc6c([2H])c([2H])c([2H])c([2H])c6c5c([2H])c([2H])c43)n2)c([2H])c1[2H]. The molecule has 0 aliphatic rings. The molecule has 51 heavy (non-hydrogen) atoms. The van der Waals surface area contributed by atoms with Crippen molar-refractivity contribution in [3.63, 3.8) is 0 Å². The second kappa shape index (κ2) is 10.7. The second-order valence-corrected chi connectivity index (χ2v) is 11.3. The number of aromatic nitrogens is 4. The van der Waals surface area contributed by atoms with Crippen molar-refractivity contribution < 1.29 is 36.2 Å². The zero-order chi connectivity index (χ0) is 50.9. The van der Waals surface area contributed by atoms with Gasteiger partial charge in [0, 0.05) is 38.1 Å². The maximum Gasteiger partial charge on any atom is 0.238 e. The van der Waals surface area contributed by atoms with Crippen LogP contribution in [0.1, 0.15) is 27.4 Å². The van der Waals surface area contributed by atoms with E-state index in [2.05, 4.69) is 9.97 Å². The van der Waals surface area contributed by atoms with Crippen LogP contribution in [0.2, 0.25) is 0 Å². The fourth-order valence-electron chi connectivity index (χ4n) is 6.40. The van der Waals surface area contributed by atoms with Crippen LogP contribution in [0.15, 0.2) is 166 Å². The molecule has 0 atom stereocenters. The molecule has 6 nitrogen and oxygen atoms in total. The highest BCUT2D eigenvalue weighted by molar-refractivity contribution is 6.23. The summed E-state index contributed by atoms with van der Waals surface area (Å²) in [5.41, 5.74) is -1.18. The molecule has 238 valence electrons. The fraction of sp³-hybridized carbons (Fsp3) is 0. The van der Waals surface area contributed by atoms with Gasteiger partial charge in [-0.15, -0.1) is 0 Å². The molecule has 0 N–H and O–H groups in total. The topological polar surface area (TPSA) is 69.9 Å². The lowest BCUT2D eigenvalue weighted by Gasteiger charge is -2.11. The molecule has 6 heteroatoms. The minimum Gasteiger partial charge on any atom is -0.456 e. The van der Waals surface area contributed by atoms with Crippen molar-refractivity contribution in [1.29, 1.82) is 0 Å². The van der Waals surface area contributed by atoms with Gasteiger partial charge in [-0.05, 0) is 53.5 Å². The number of fused-ring (bicyclic) bond motifs is 10. The van der Waals surface area contributed by atoms with Crippen molar-refractivity contribution in [1.82, 2.24) is 19.5 Å². The second-order valence-electron chi connectivity index (χ2n) is 11.3. The number of benzene rings is 7. The highest BCUT2D eigenvalue weighted by atomic mass is 16.3. The monoisotopic (exact) mass is 674 g/mol. The molecule has 0 radical (unpaired) electrons. The Morgan fingerprint density at radius 1 is 0.471 bits per heavy atom. The van der Waals surface area contributed by atoms with E-state index in [4.69, 9.17) is 35.8 Å². The lowest BCUT2D eigenvalue weighted by molar-refractivity contribution is 0.669. The van der Waals surface area contributed by atoms with E-state index >= 15 is 0 Å². The molecule has 0 amide bonds. The maximum absolute atomic E-state index is 9.52. The van der Waals surface area contributed by atoms with E-state index in [1.807, 2.05) is 0 Å². The molecular weight excluding hydrogens is 629 g/mol. The molecule has 0 aliphatic heterocycles. The van der Waals surface area contributed by atoms with Gasteiger partial charge in [-0.25, -0.2) is 4.98 Å². The van der Waals surface area contributed by atoms with Crippen LogP contribution in [-0.4, -0.2) is 19.5 Å². The van der Waals surface area contributed by atoms with Crippen LogP contribution in [0.25, 0.3) is 106 Å². The number of rotatable bonds is 4. The third-order valence-electron chi connectivity index (χ3n) is 8.54. The third kappa shape index (κ3) is 4.20. The number of hydrogen-bond donors (Lipinski definition) is 0. The molecule has 0 spiro atoms. The highest BCUT2D eigenvalue weighted by Gasteiger charge is 2.22. The average molecular weight is 675 g/mol. The molecule has 11 aromatic rings. The van der Waals surface area contributed by atoms with E-state index in [1.165, 1.54) is 12.1 Å². The number of para-hydroxylation sites is 2. The molecular formula is C45H26N4O2. The van der Waals surface area contributed by atoms with Crippen molar-refractivity contribution in [2.75, 3.05) is 0 Å². The molecule has 0 bridgehead atoms. The first-order chi connectivity index (χ1) is 33.6. The zero-order valence-corrected chi connectivity index (χ0v) is 25.6. The van der Waals surface area contributed by atoms with Gasteiger partial charge in [0.1, 0.15) is 22.3 Å². The molecule has 0 fully saturated rings. The lowest BCUT2D eigenvalue weighted by atomic mass is 9.99. The summed E-state index contributed by atoms with van der Waals surface area (Å²) >= 11 is 0. The summed E-state index contributed by atoms with van der Waals surface area (Å²) in [6.07, 6.45) is 0. The number of hydrogen-bond acceptors (Lipinski definition) is 5. The van der Waals surface area contributed by atoms with Crippen LogP contribution in [0.3, 0.4) is 0 Å². The van der Waals surface area contributed by atoms with E-state index in [-0.39, 0.29) is 77.4 Å². The minimum absolute atomic E-state index is 0.0741. The number of furan rings is 2. The van der Waals surface area contributed by atoms with Gasteiger partial charge in [-0.2, -0.15) is 9.97 Å². The highest BCUT2D eigenvalue weighted by Crippen LogP contribution is 2.41. The average Bonchev–Trinajstić information content (AvgIpc) is 4.06. The molecule has 0 saturated heterocycles. The fourth-order valence-corrected chi connectivity index (χ4v) is 6.40. The summed E-state index contributed by atoms with van der Waals surface area (Å²) in [4.78, 5) is 13.9. The molecule has 7 aromatic carbocycles. The molecule has 4 heterocycles. The van der Waals surface area contributed by atoms with Gasteiger partial charge >= 0.3 is 0 Å². The van der Waals surface area contributed by atoms with Crippen molar-refractivity contribution in [2.45, 2.75) is 0 Å². The smallest absolute Gasteiger partial charge is 0.238 e. The van der Waals surface area contributed by atoms with Crippen LogP contribution in [0.5, 0.6) is 0 Å². The summed E-state index contributed by atoms with van der Waals surface area (Å²) in [5, 5.41) is -0.198. The Bertz CT molecular complexity index is 4260. The summed E-state index contributed by atoms with van der Waals surface area (Å²) in [5.74, 6) is -1.34. The van der Waals surface area contributed by atoms with Crippen LogP contribution in [0.4, 0.5) is 0 Å². The van der Waals surface area contributed by atoms with Crippen LogP contribution >= 0.6 is 0 Å². The lowest BCUT2D eigenvalue weighted by Crippen LogP contribution is -2.06. The first-order valence-electron chi connectivity index (χ1n) is 25.3. The predicted molar refractivity (Wildman–Crippen MR) is 205 cm³/mol. The van der Waals surface area contributed by atoms with Gasteiger partial charge in [0.15, 0.2) is 11.6 Å². The van der Waals surface area contributed by atoms with E-state index in [0.29, 0.717) is 10.8 Å². The molecule has 0 aliphatic carbocycles. The summed E-state index contributed by atoms with van der Waals surface area (Å²) < 4.78 is 187. The van der Waals surface area contributed by atoms with Gasteiger partial charge in [-0.1, -0.05) is 115 Å². The Morgan fingerprint density at radius 3 is 2.04 bits per heavy atom. The van der Waals surface area contributed by atoms with Crippen molar-refractivity contribution >= 4 is 65.7 Å². The normalized spacial score (nSPS) is 17.4. The summed E-state index contributed by atoms with van der Waals surface area (Å²) in [6, 6.07) is -3.47. The van der Waals surface area contributed by atoms with Gasteiger partial charge in [-0.3, -0.25) is 4.57 Å². The van der Waals surface area contributed by atoms with Gasteiger partial charge < -0.3 is 8.83 Å². The Balaban J connectivity index is 1.27. The Morgan fingerprint density at radius 2 is 1.20 bits per heavy atom. The molecule has 0 unspecified atom stereocenters. The third-order valence-corrected chi connectivity index (χ3v) is 8.54. The largest absolute Gasteiger partial charge is 0.456 e. The Labute approximate surface area is 319 Å². The summed E-state index contributed by atoms with van der Waals surface area (Å²) in [6.45, 7) is 0. The summed E-state index contributed by atoms with van der Waals surface area (Å²) in [7, 11) is 0. The quantitative estimate of drug-likeness (QED) is 0.186. The van der Waals surface area contributed by atoms with Crippen molar-refractivity contribution in [2.24, 2.45) is 0 Å². The Hall–Kier alpha value is -7.05. The molecule has 11 rings (SSSR count). The minimum atomic E-state index is -0.747. The van der Waals surface area contributed by atoms with E-state index < -0.39 is 138 Å². The molecule has 4 aromatic heterocycles. The van der Waals surface area contributed by atoms with Crippen LogP contribution in [0, 0.1) is 0 Å². The molecule has 0 saturated carbocycles. The first kappa shape index (κ1) is 14.8.